The number of hydrogen-bond donors (Lipinski definition) is 2. The van der Waals surface area contributed by atoms with Crippen molar-refractivity contribution in [3.8, 4) is 0 Å². The van der Waals surface area contributed by atoms with Crippen molar-refractivity contribution in [3.05, 3.63) is 65.5 Å². The molecule has 2 N–H and O–H groups in total. The quantitative estimate of drug-likeness (QED) is 0.340. The first-order valence-corrected chi connectivity index (χ1v) is 13.7. The highest BCUT2D eigenvalue weighted by Crippen LogP contribution is 2.35. The Morgan fingerprint density at radius 3 is 2.45 bits per heavy atom. The lowest BCUT2D eigenvalue weighted by atomic mass is 9.81. The normalized spacial score (nSPS) is 14.0. The highest BCUT2D eigenvalue weighted by atomic mass is 32.2. The fourth-order valence-electron chi connectivity index (χ4n) is 3.92. The number of rotatable bonds is 10. The Balaban J connectivity index is 1.52. The number of hydrogen-bond acceptors (Lipinski definition) is 8. The van der Waals surface area contributed by atoms with Gasteiger partial charge in [0, 0.05) is 49.2 Å². The summed E-state index contributed by atoms with van der Waals surface area (Å²) in [7, 11) is -2.33. The first kappa shape index (κ1) is 27.3. The van der Waals surface area contributed by atoms with Crippen molar-refractivity contribution in [3.63, 3.8) is 0 Å². The molecule has 0 amide bonds. The fraction of sp³-hybridized carbons (Fsp3) is 0.360. The number of nitrogens with one attached hydrogen (secondary N) is 2. The zero-order valence-electron chi connectivity index (χ0n) is 20.8. The summed E-state index contributed by atoms with van der Waals surface area (Å²) in [5, 5.41) is 5.50. The number of Topliss-reactive ketones (excluding diaryl/α,β-unsaturated/α-hetero) is 1. The third-order valence-corrected chi connectivity index (χ3v) is 7.53. The molecule has 0 aliphatic heterocycles. The molecule has 3 aromatic rings. The maximum atomic E-state index is 13.7. The molecule has 13 heteroatoms. The SMILES string of the molecule is CN(c1ncccc1CNc1nc(Nc2ccc(C(=O)CC3CCC3)cc2)ncc1C(F)(F)F)S(C)(=O)=O. The van der Waals surface area contributed by atoms with Gasteiger partial charge in [-0.3, -0.25) is 9.10 Å². The molecule has 1 aromatic carbocycles. The average molecular weight is 549 g/mol. The third-order valence-electron chi connectivity index (χ3n) is 6.37. The minimum atomic E-state index is -4.73. The van der Waals surface area contributed by atoms with Crippen LogP contribution < -0.4 is 14.9 Å². The molecule has 9 nitrogen and oxygen atoms in total. The van der Waals surface area contributed by atoms with E-state index in [-0.39, 0.29) is 24.1 Å². The first-order chi connectivity index (χ1) is 17.9. The molecule has 0 bridgehead atoms. The van der Waals surface area contributed by atoms with Gasteiger partial charge in [-0.1, -0.05) is 25.3 Å². The van der Waals surface area contributed by atoms with E-state index in [1.54, 1.807) is 36.4 Å². The van der Waals surface area contributed by atoms with E-state index in [2.05, 4.69) is 25.6 Å². The van der Waals surface area contributed by atoms with Crippen molar-refractivity contribution in [1.82, 2.24) is 15.0 Å². The second-order valence-electron chi connectivity index (χ2n) is 9.15. The van der Waals surface area contributed by atoms with Crippen LogP contribution in [0.2, 0.25) is 0 Å². The zero-order valence-corrected chi connectivity index (χ0v) is 21.6. The van der Waals surface area contributed by atoms with Crippen molar-refractivity contribution in [1.29, 1.82) is 0 Å². The van der Waals surface area contributed by atoms with Gasteiger partial charge in [-0.15, -0.1) is 0 Å². The molecule has 202 valence electrons. The second kappa shape index (κ2) is 10.9. The summed E-state index contributed by atoms with van der Waals surface area (Å²) < 4.78 is 65.8. The lowest BCUT2D eigenvalue weighted by Crippen LogP contribution is -2.27. The predicted molar refractivity (Wildman–Crippen MR) is 138 cm³/mol. The molecule has 2 aromatic heterocycles. The van der Waals surface area contributed by atoms with Crippen molar-refractivity contribution < 1.29 is 26.4 Å². The van der Waals surface area contributed by atoms with Crippen LogP contribution in [0.1, 0.15) is 47.2 Å². The molecular formula is C25H27F3N6O3S. The van der Waals surface area contributed by atoms with Crippen LogP contribution in [0.5, 0.6) is 0 Å². The number of pyridine rings is 1. The van der Waals surface area contributed by atoms with Crippen LogP contribution in [0, 0.1) is 5.92 Å². The van der Waals surface area contributed by atoms with E-state index in [0.717, 1.165) is 29.8 Å². The Morgan fingerprint density at radius 1 is 1.13 bits per heavy atom. The number of anilines is 4. The Labute approximate surface area is 218 Å². The molecule has 0 spiro atoms. The van der Waals surface area contributed by atoms with Gasteiger partial charge in [-0.25, -0.2) is 18.4 Å². The molecular weight excluding hydrogens is 521 g/mol. The van der Waals surface area contributed by atoms with Crippen molar-refractivity contribution in [2.24, 2.45) is 5.92 Å². The van der Waals surface area contributed by atoms with Crippen LogP contribution in [0.3, 0.4) is 0 Å². The van der Waals surface area contributed by atoms with E-state index >= 15 is 0 Å². The number of carbonyl (C=O) groups is 1. The van der Waals surface area contributed by atoms with E-state index in [1.165, 1.54) is 13.2 Å². The summed E-state index contributed by atoms with van der Waals surface area (Å²) >= 11 is 0. The highest BCUT2D eigenvalue weighted by molar-refractivity contribution is 7.92. The maximum absolute atomic E-state index is 13.7. The number of halogens is 3. The third kappa shape index (κ3) is 6.57. The van der Waals surface area contributed by atoms with E-state index in [0.29, 0.717) is 35.3 Å². The minimum absolute atomic E-state index is 0.0646. The molecule has 1 aliphatic rings. The predicted octanol–water partition coefficient (Wildman–Crippen LogP) is 5.01. The van der Waals surface area contributed by atoms with Crippen LogP contribution in [-0.4, -0.2) is 42.5 Å². The van der Waals surface area contributed by atoms with Gasteiger partial charge in [0.05, 0.1) is 6.26 Å². The van der Waals surface area contributed by atoms with Gasteiger partial charge >= 0.3 is 6.18 Å². The summed E-state index contributed by atoms with van der Waals surface area (Å²) in [6, 6.07) is 9.72. The standard InChI is InChI=1S/C25H27F3N6O3S/c1-34(38(2,36)37)23-18(7-4-12-29-23)14-30-22-20(25(26,27)28)15-31-24(33-22)32-19-10-8-17(9-11-19)21(35)13-16-5-3-6-16/h4,7-12,15-16H,3,5-6,13-14H2,1-2H3,(H2,30,31,32,33). The van der Waals surface area contributed by atoms with Gasteiger partial charge in [0.25, 0.3) is 0 Å². The lowest BCUT2D eigenvalue weighted by molar-refractivity contribution is -0.137. The van der Waals surface area contributed by atoms with Crippen LogP contribution in [0.25, 0.3) is 0 Å². The van der Waals surface area contributed by atoms with Crippen LogP contribution in [0.4, 0.5) is 36.4 Å². The molecule has 1 fully saturated rings. The maximum Gasteiger partial charge on any atom is 0.421 e. The molecule has 2 heterocycles. The monoisotopic (exact) mass is 548 g/mol. The van der Waals surface area contributed by atoms with E-state index < -0.39 is 27.6 Å². The number of nitrogens with zero attached hydrogens (tertiary/aromatic N) is 4. The van der Waals surface area contributed by atoms with Gasteiger partial charge < -0.3 is 10.6 Å². The molecule has 38 heavy (non-hydrogen) atoms. The van der Waals surface area contributed by atoms with Crippen molar-refractivity contribution in [2.45, 2.75) is 38.4 Å². The summed E-state index contributed by atoms with van der Waals surface area (Å²) in [5.41, 5.74) is 0.343. The van der Waals surface area contributed by atoms with Gasteiger partial charge in [-0.2, -0.15) is 18.2 Å². The molecule has 1 saturated carbocycles. The van der Waals surface area contributed by atoms with Crippen LogP contribution in [-0.2, 0) is 22.7 Å². The summed E-state index contributed by atoms with van der Waals surface area (Å²) in [4.78, 5) is 24.3. The van der Waals surface area contributed by atoms with Gasteiger partial charge in [0.2, 0.25) is 16.0 Å². The van der Waals surface area contributed by atoms with Gasteiger partial charge in [0.15, 0.2) is 5.78 Å². The van der Waals surface area contributed by atoms with Crippen molar-refractivity contribution >= 4 is 39.1 Å². The van der Waals surface area contributed by atoms with E-state index in [4.69, 9.17) is 0 Å². The lowest BCUT2D eigenvalue weighted by Gasteiger charge is -2.24. The topological polar surface area (TPSA) is 117 Å². The smallest absolute Gasteiger partial charge is 0.365 e. The first-order valence-electron chi connectivity index (χ1n) is 11.9. The molecule has 4 rings (SSSR count). The molecule has 0 unspecified atom stereocenters. The number of sulfonamides is 1. The molecule has 0 saturated heterocycles. The average Bonchev–Trinajstić information content (AvgIpc) is 2.84. The minimum Gasteiger partial charge on any atom is -0.365 e. The largest absolute Gasteiger partial charge is 0.421 e. The molecule has 1 aliphatic carbocycles. The molecule has 0 atom stereocenters. The van der Waals surface area contributed by atoms with Gasteiger partial charge in [-0.05, 0) is 36.2 Å². The Morgan fingerprint density at radius 2 is 1.84 bits per heavy atom. The summed E-state index contributed by atoms with van der Waals surface area (Å²) in [6.45, 7) is -0.180. The Bertz CT molecular complexity index is 1410. The number of benzene rings is 1. The summed E-state index contributed by atoms with van der Waals surface area (Å²) in [6.07, 6.45) is 2.15. The van der Waals surface area contributed by atoms with Gasteiger partial charge in [0.1, 0.15) is 17.2 Å². The summed E-state index contributed by atoms with van der Waals surface area (Å²) in [5.74, 6) is 0.0133. The van der Waals surface area contributed by atoms with E-state index in [9.17, 15) is 26.4 Å². The van der Waals surface area contributed by atoms with E-state index in [1.807, 2.05) is 0 Å². The highest BCUT2D eigenvalue weighted by Gasteiger charge is 2.35. The number of ketones is 1. The molecule has 0 radical (unpaired) electrons. The van der Waals surface area contributed by atoms with Crippen LogP contribution >= 0.6 is 0 Å². The number of aromatic nitrogens is 3. The van der Waals surface area contributed by atoms with Crippen molar-refractivity contribution in [2.75, 3.05) is 28.2 Å². The zero-order chi connectivity index (χ0) is 27.5. The second-order valence-corrected chi connectivity index (χ2v) is 11.2. The Hall–Kier alpha value is -3.74. The van der Waals surface area contributed by atoms with Crippen LogP contribution in [0.15, 0.2) is 48.8 Å². The Kier molecular flexibility index (Phi) is 7.86. The number of alkyl halides is 3. The number of carbonyl (C=O) groups excluding carboxylic acids is 1. The fourth-order valence-corrected chi connectivity index (χ4v) is 4.40.